The monoisotopic (exact) mass is 520 g/mol. The highest BCUT2D eigenvalue weighted by atomic mass is 35.5. The molecule has 1 aromatic heterocycles. The summed E-state index contributed by atoms with van der Waals surface area (Å²) in [5.74, 6) is -0.0483. The van der Waals surface area contributed by atoms with E-state index in [1.165, 1.54) is 0 Å². The van der Waals surface area contributed by atoms with Crippen LogP contribution in [0.15, 0.2) is 66.9 Å². The van der Waals surface area contributed by atoms with E-state index in [4.69, 9.17) is 16.3 Å². The number of hydrogen-bond donors (Lipinski definition) is 2. The van der Waals surface area contributed by atoms with Crippen molar-refractivity contribution >= 4 is 40.9 Å². The van der Waals surface area contributed by atoms with Crippen LogP contribution in [-0.4, -0.2) is 48.3 Å². The summed E-state index contributed by atoms with van der Waals surface area (Å²) in [6.45, 7) is 4.76. The van der Waals surface area contributed by atoms with Crippen molar-refractivity contribution < 1.29 is 19.4 Å². The fourth-order valence-corrected chi connectivity index (χ4v) is 5.12. The highest BCUT2D eigenvalue weighted by molar-refractivity contribution is 6.31. The summed E-state index contributed by atoms with van der Waals surface area (Å²) in [7, 11) is 0. The minimum atomic E-state index is -0.740. The molecule has 0 radical (unpaired) electrons. The van der Waals surface area contributed by atoms with Crippen LogP contribution in [0.5, 0.6) is 0 Å². The Morgan fingerprint density at radius 2 is 1.68 bits per heavy atom. The molecule has 2 fully saturated rings. The second-order valence-electron chi connectivity index (χ2n) is 9.48. The maximum absolute atomic E-state index is 12.7. The molecule has 0 spiro atoms. The normalized spacial score (nSPS) is 17.1. The molecular weight excluding hydrogens is 492 g/mol. The molecule has 192 valence electrons. The van der Waals surface area contributed by atoms with Gasteiger partial charge in [-0.1, -0.05) is 41.9 Å². The van der Waals surface area contributed by atoms with Crippen molar-refractivity contribution in [3.8, 4) is 0 Å². The third-order valence-corrected chi connectivity index (χ3v) is 7.52. The van der Waals surface area contributed by atoms with Gasteiger partial charge in [-0.2, -0.15) is 0 Å². The number of carbonyl (C=O) groups excluding carboxylic acids is 1. The molecule has 2 aromatic carbocycles. The Bertz CT molecular complexity index is 1290. The number of aliphatic carboxylic acids is 1. The smallest absolute Gasteiger partial charge is 0.412 e. The van der Waals surface area contributed by atoms with Crippen LogP contribution in [-0.2, 0) is 14.9 Å². The molecule has 9 heteroatoms. The summed E-state index contributed by atoms with van der Waals surface area (Å²) < 4.78 is 5.57. The molecular formula is C28H29ClN4O4. The number of benzene rings is 2. The molecule has 1 aliphatic carbocycles. The third kappa shape index (κ3) is 5.20. The summed E-state index contributed by atoms with van der Waals surface area (Å²) in [5.41, 5.74) is 2.58. The minimum Gasteiger partial charge on any atom is -0.481 e. The number of nitrogens with one attached hydrogen (secondary N) is 1. The maximum Gasteiger partial charge on any atom is 0.412 e. The lowest BCUT2D eigenvalue weighted by Crippen LogP contribution is -2.47. The number of carboxylic acids is 1. The van der Waals surface area contributed by atoms with Gasteiger partial charge in [-0.15, -0.1) is 0 Å². The molecule has 1 saturated heterocycles. The van der Waals surface area contributed by atoms with Gasteiger partial charge in [-0.25, -0.2) is 9.78 Å². The zero-order valence-electron chi connectivity index (χ0n) is 20.6. The van der Waals surface area contributed by atoms with E-state index in [2.05, 4.69) is 20.1 Å². The lowest BCUT2D eigenvalue weighted by molar-refractivity contribution is -0.140. The number of nitrogens with zero attached hydrogens (tertiary/aromatic N) is 3. The van der Waals surface area contributed by atoms with Crippen LogP contribution in [0.4, 0.5) is 22.0 Å². The van der Waals surface area contributed by atoms with E-state index >= 15 is 0 Å². The third-order valence-electron chi connectivity index (χ3n) is 7.17. The van der Waals surface area contributed by atoms with Crippen LogP contribution in [0, 0.1) is 0 Å². The lowest BCUT2D eigenvalue weighted by atomic mass is 9.96. The lowest BCUT2D eigenvalue weighted by Gasteiger charge is -2.37. The fraction of sp³-hybridized carbons (Fsp3) is 0.321. The number of ether oxygens (including phenoxy) is 1. The van der Waals surface area contributed by atoms with E-state index in [1.807, 2.05) is 48.5 Å². The summed E-state index contributed by atoms with van der Waals surface area (Å²) in [4.78, 5) is 33.2. The molecule has 1 aliphatic heterocycles. The molecule has 0 bridgehead atoms. The maximum atomic E-state index is 12.7. The second-order valence-corrected chi connectivity index (χ2v) is 9.88. The number of amides is 1. The van der Waals surface area contributed by atoms with Crippen LogP contribution in [0.2, 0.25) is 5.02 Å². The molecule has 37 heavy (non-hydrogen) atoms. The Labute approximate surface area is 220 Å². The van der Waals surface area contributed by atoms with Crippen molar-refractivity contribution in [2.45, 2.75) is 31.3 Å². The fourth-order valence-electron chi connectivity index (χ4n) is 4.83. The van der Waals surface area contributed by atoms with E-state index in [0.29, 0.717) is 29.4 Å². The van der Waals surface area contributed by atoms with Crippen LogP contribution in [0.1, 0.15) is 37.0 Å². The zero-order chi connectivity index (χ0) is 26.0. The average molecular weight is 521 g/mol. The van der Waals surface area contributed by atoms with Gasteiger partial charge in [-0.3, -0.25) is 10.1 Å². The van der Waals surface area contributed by atoms with Gasteiger partial charge in [0.15, 0.2) is 5.82 Å². The number of carbonyl (C=O) groups is 2. The van der Waals surface area contributed by atoms with Crippen molar-refractivity contribution in [1.82, 2.24) is 4.98 Å². The van der Waals surface area contributed by atoms with Gasteiger partial charge in [0, 0.05) is 48.6 Å². The van der Waals surface area contributed by atoms with Crippen LogP contribution >= 0.6 is 11.6 Å². The number of carboxylic acid groups (broad SMARTS) is 1. The van der Waals surface area contributed by atoms with Gasteiger partial charge >= 0.3 is 12.1 Å². The van der Waals surface area contributed by atoms with Gasteiger partial charge in [-0.05, 0) is 55.7 Å². The molecule has 1 atom stereocenters. The predicted octanol–water partition coefficient (Wildman–Crippen LogP) is 5.49. The first-order chi connectivity index (χ1) is 17.9. The number of rotatable bonds is 7. The van der Waals surface area contributed by atoms with E-state index in [0.717, 1.165) is 43.0 Å². The first-order valence-electron chi connectivity index (χ1n) is 12.4. The van der Waals surface area contributed by atoms with Gasteiger partial charge in [0.2, 0.25) is 0 Å². The molecule has 3 aromatic rings. The van der Waals surface area contributed by atoms with Crippen LogP contribution in [0.3, 0.4) is 0 Å². The Morgan fingerprint density at radius 3 is 2.32 bits per heavy atom. The van der Waals surface area contributed by atoms with Crippen molar-refractivity contribution in [1.29, 1.82) is 0 Å². The topological polar surface area (TPSA) is 95.0 Å². The molecule has 2 N–H and O–H groups in total. The predicted molar refractivity (Wildman–Crippen MR) is 144 cm³/mol. The number of aromatic nitrogens is 1. The van der Waals surface area contributed by atoms with Crippen molar-refractivity contribution in [2.75, 3.05) is 41.3 Å². The van der Waals surface area contributed by atoms with E-state index in [9.17, 15) is 14.7 Å². The number of piperazine rings is 1. The summed E-state index contributed by atoms with van der Waals surface area (Å²) >= 11 is 6.23. The summed E-state index contributed by atoms with van der Waals surface area (Å²) in [6, 6.07) is 18.8. The second kappa shape index (κ2) is 10.3. The first kappa shape index (κ1) is 24.9. The largest absolute Gasteiger partial charge is 0.481 e. The van der Waals surface area contributed by atoms with Gasteiger partial charge in [0.1, 0.15) is 6.10 Å². The van der Waals surface area contributed by atoms with Crippen LogP contribution < -0.4 is 15.1 Å². The van der Waals surface area contributed by atoms with Gasteiger partial charge < -0.3 is 19.6 Å². The van der Waals surface area contributed by atoms with Crippen LogP contribution in [0.25, 0.3) is 0 Å². The molecule has 1 amide bonds. The van der Waals surface area contributed by atoms with E-state index in [1.54, 1.807) is 25.3 Å². The minimum absolute atomic E-state index is 0.506. The molecule has 1 saturated carbocycles. The van der Waals surface area contributed by atoms with Gasteiger partial charge in [0.05, 0.1) is 11.1 Å². The Hall–Kier alpha value is -3.78. The molecule has 2 heterocycles. The molecule has 8 nitrogen and oxygen atoms in total. The summed E-state index contributed by atoms with van der Waals surface area (Å²) in [5, 5.41) is 12.9. The molecule has 5 rings (SSSR count). The number of pyridine rings is 1. The van der Waals surface area contributed by atoms with E-state index in [-0.39, 0.29) is 0 Å². The Balaban J connectivity index is 1.20. The van der Waals surface area contributed by atoms with Gasteiger partial charge in [0.25, 0.3) is 0 Å². The average Bonchev–Trinajstić information content (AvgIpc) is 3.72. The van der Waals surface area contributed by atoms with Crippen molar-refractivity contribution in [3.63, 3.8) is 0 Å². The highest BCUT2D eigenvalue weighted by Gasteiger charge is 2.51. The SMILES string of the molecule is CC(OC(=O)Nc1cccnc1N1CCN(c2ccc(C3(C(=O)O)CC3)cc2)CC1)c1ccccc1Cl. The van der Waals surface area contributed by atoms with E-state index < -0.39 is 23.6 Å². The zero-order valence-corrected chi connectivity index (χ0v) is 21.3. The standard InChI is InChI=1S/C28H29ClN4O4/c1-19(22-5-2-3-6-23(22)29)37-27(36)31-24-7-4-14-30-25(24)33-17-15-32(16-18-33)21-10-8-20(9-11-21)28(12-13-28)26(34)35/h2-11,14,19H,12-13,15-18H2,1H3,(H,31,36)(H,34,35). The number of anilines is 3. The Morgan fingerprint density at radius 1 is 1.00 bits per heavy atom. The first-order valence-corrected chi connectivity index (χ1v) is 12.8. The Kier molecular flexibility index (Phi) is 6.93. The van der Waals surface area contributed by atoms with Crippen molar-refractivity contribution in [2.24, 2.45) is 0 Å². The quantitative estimate of drug-likeness (QED) is 0.425. The van der Waals surface area contributed by atoms with Crippen molar-refractivity contribution in [3.05, 3.63) is 83.0 Å². The highest BCUT2D eigenvalue weighted by Crippen LogP contribution is 2.48. The molecule has 1 unspecified atom stereocenters. The number of halogens is 1. The summed E-state index contributed by atoms with van der Waals surface area (Å²) in [6.07, 6.45) is 2.03. The number of hydrogen-bond acceptors (Lipinski definition) is 6. The molecule has 2 aliphatic rings.